The standard InChI is InChI=1S/C22H28N4O4/c27-18(7-4-12-26-20(29)22(25-21(26)30)10-1-2-11-22)23-14-15-5-3-6-17(13-15)24-19(28)16-8-9-16/h3,5-6,13,16H,1-2,4,7-12,14H2,(H,23,27)(H,24,28)(H,25,30). The van der Waals surface area contributed by atoms with E-state index in [9.17, 15) is 19.2 Å². The molecule has 3 fully saturated rings. The Kier molecular flexibility index (Phi) is 5.74. The summed E-state index contributed by atoms with van der Waals surface area (Å²) >= 11 is 0. The molecule has 2 aliphatic carbocycles. The highest BCUT2D eigenvalue weighted by molar-refractivity contribution is 6.07. The Balaban J connectivity index is 1.20. The van der Waals surface area contributed by atoms with E-state index in [4.69, 9.17) is 0 Å². The predicted octanol–water partition coefficient (Wildman–Crippen LogP) is 2.30. The Labute approximate surface area is 175 Å². The van der Waals surface area contributed by atoms with Gasteiger partial charge in [0.25, 0.3) is 5.91 Å². The average molecular weight is 412 g/mol. The number of nitrogens with one attached hydrogen (secondary N) is 3. The highest BCUT2D eigenvalue weighted by atomic mass is 16.2. The van der Waals surface area contributed by atoms with Crippen LogP contribution in [0.3, 0.4) is 0 Å². The minimum atomic E-state index is -0.695. The maximum absolute atomic E-state index is 12.6. The molecule has 30 heavy (non-hydrogen) atoms. The summed E-state index contributed by atoms with van der Waals surface area (Å²) in [6.07, 6.45) is 5.88. The molecule has 2 saturated carbocycles. The summed E-state index contributed by atoms with van der Waals surface area (Å²) in [5.74, 6) is -0.0851. The Morgan fingerprint density at radius 2 is 1.93 bits per heavy atom. The Bertz CT molecular complexity index is 858. The van der Waals surface area contributed by atoms with E-state index in [0.717, 1.165) is 36.9 Å². The second kappa shape index (κ2) is 8.45. The lowest BCUT2D eigenvalue weighted by Crippen LogP contribution is -2.44. The van der Waals surface area contributed by atoms with Crippen LogP contribution in [0, 0.1) is 5.92 Å². The lowest BCUT2D eigenvalue weighted by molar-refractivity contribution is -0.131. The molecule has 3 N–H and O–H groups in total. The zero-order chi connectivity index (χ0) is 21.1. The van der Waals surface area contributed by atoms with Gasteiger partial charge in [0.2, 0.25) is 11.8 Å². The maximum Gasteiger partial charge on any atom is 0.325 e. The van der Waals surface area contributed by atoms with Gasteiger partial charge >= 0.3 is 6.03 Å². The summed E-state index contributed by atoms with van der Waals surface area (Å²) in [5, 5.41) is 8.61. The molecular weight excluding hydrogens is 384 g/mol. The van der Waals surface area contributed by atoms with Crippen molar-refractivity contribution < 1.29 is 19.2 Å². The molecule has 0 unspecified atom stereocenters. The quantitative estimate of drug-likeness (QED) is 0.570. The fraction of sp³-hybridized carbons (Fsp3) is 0.545. The Morgan fingerprint density at radius 3 is 2.67 bits per heavy atom. The zero-order valence-corrected chi connectivity index (χ0v) is 17.0. The van der Waals surface area contributed by atoms with Crippen molar-refractivity contribution in [2.24, 2.45) is 5.92 Å². The molecule has 1 aliphatic heterocycles. The summed E-state index contributed by atoms with van der Waals surface area (Å²) in [5.41, 5.74) is 0.937. The lowest BCUT2D eigenvalue weighted by Gasteiger charge is -2.19. The van der Waals surface area contributed by atoms with Crippen molar-refractivity contribution >= 4 is 29.4 Å². The minimum Gasteiger partial charge on any atom is -0.352 e. The zero-order valence-electron chi connectivity index (χ0n) is 17.0. The van der Waals surface area contributed by atoms with Gasteiger partial charge in [-0.25, -0.2) is 4.79 Å². The van der Waals surface area contributed by atoms with Crippen LogP contribution in [0.25, 0.3) is 0 Å². The first-order valence-corrected chi connectivity index (χ1v) is 10.8. The van der Waals surface area contributed by atoms with Crippen LogP contribution in [0.1, 0.15) is 56.9 Å². The first-order valence-electron chi connectivity index (χ1n) is 10.8. The molecule has 1 heterocycles. The molecule has 1 saturated heterocycles. The molecule has 0 bridgehead atoms. The second-order valence-corrected chi connectivity index (χ2v) is 8.52. The molecule has 1 aromatic rings. The van der Waals surface area contributed by atoms with Gasteiger partial charge in [-0.15, -0.1) is 0 Å². The molecule has 160 valence electrons. The molecule has 5 amide bonds. The van der Waals surface area contributed by atoms with Gasteiger partial charge in [0.05, 0.1) is 0 Å². The van der Waals surface area contributed by atoms with Gasteiger partial charge in [-0.05, 0) is 49.8 Å². The average Bonchev–Trinajstić information content (AvgIpc) is 3.44. The van der Waals surface area contributed by atoms with Gasteiger partial charge in [0.15, 0.2) is 0 Å². The summed E-state index contributed by atoms with van der Waals surface area (Å²) < 4.78 is 0. The first-order chi connectivity index (χ1) is 14.5. The van der Waals surface area contributed by atoms with Gasteiger partial charge < -0.3 is 16.0 Å². The van der Waals surface area contributed by atoms with E-state index in [1.54, 1.807) is 0 Å². The molecule has 8 nitrogen and oxygen atoms in total. The molecule has 8 heteroatoms. The van der Waals surface area contributed by atoms with Gasteiger partial charge in [-0.1, -0.05) is 25.0 Å². The topological polar surface area (TPSA) is 108 Å². The minimum absolute atomic E-state index is 0.0519. The van der Waals surface area contributed by atoms with Crippen LogP contribution in [0.2, 0.25) is 0 Å². The SMILES string of the molecule is O=C(CCCN1C(=O)NC2(CCCC2)C1=O)NCc1cccc(NC(=O)C2CC2)c1. The number of anilines is 1. The van der Waals surface area contributed by atoms with Gasteiger partial charge in [-0.3, -0.25) is 19.3 Å². The fourth-order valence-corrected chi connectivity index (χ4v) is 4.23. The number of carbonyl (C=O) groups is 4. The van der Waals surface area contributed by atoms with E-state index in [-0.39, 0.29) is 42.6 Å². The molecule has 3 aliphatic rings. The van der Waals surface area contributed by atoms with Crippen LogP contribution < -0.4 is 16.0 Å². The summed E-state index contributed by atoms with van der Waals surface area (Å²) in [6.45, 7) is 0.612. The molecule has 1 spiro atoms. The smallest absolute Gasteiger partial charge is 0.325 e. The van der Waals surface area contributed by atoms with Crippen LogP contribution in [0.4, 0.5) is 10.5 Å². The summed E-state index contributed by atoms with van der Waals surface area (Å²) in [4.78, 5) is 50.0. The van der Waals surface area contributed by atoms with Crippen molar-refractivity contribution in [2.45, 2.75) is 63.5 Å². The van der Waals surface area contributed by atoms with Crippen LogP contribution in [0.15, 0.2) is 24.3 Å². The van der Waals surface area contributed by atoms with Crippen molar-refractivity contribution in [1.82, 2.24) is 15.5 Å². The van der Waals surface area contributed by atoms with Crippen molar-refractivity contribution in [3.8, 4) is 0 Å². The summed E-state index contributed by atoms with van der Waals surface area (Å²) in [6, 6.07) is 7.09. The van der Waals surface area contributed by atoms with E-state index in [1.807, 2.05) is 24.3 Å². The van der Waals surface area contributed by atoms with E-state index in [1.165, 1.54) is 4.90 Å². The number of imide groups is 1. The molecule has 1 aromatic carbocycles. The number of rotatable bonds is 8. The van der Waals surface area contributed by atoms with Gasteiger partial charge in [0.1, 0.15) is 5.54 Å². The number of urea groups is 1. The van der Waals surface area contributed by atoms with E-state index in [2.05, 4.69) is 16.0 Å². The van der Waals surface area contributed by atoms with Crippen molar-refractivity contribution in [3.63, 3.8) is 0 Å². The van der Waals surface area contributed by atoms with Crippen LogP contribution in [-0.4, -0.2) is 40.7 Å². The van der Waals surface area contributed by atoms with Crippen molar-refractivity contribution in [3.05, 3.63) is 29.8 Å². The molecule has 0 radical (unpaired) electrons. The third kappa shape index (κ3) is 4.47. The van der Waals surface area contributed by atoms with Crippen LogP contribution in [-0.2, 0) is 20.9 Å². The van der Waals surface area contributed by atoms with E-state index >= 15 is 0 Å². The van der Waals surface area contributed by atoms with E-state index in [0.29, 0.717) is 25.8 Å². The normalized spacial score (nSPS) is 19.8. The van der Waals surface area contributed by atoms with Gasteiger partial charge in [-0.2, -0.15) is 0 Å². The Hall–Kier alpha value is -2.90. The third-order valence-corrected chi connectivity index (χ3v) is 6.12. The first kappa shape index (κ1) is 20.4. The predicted molar refractivity (Wildman–Crippen MR) is 110 cm³/mol. The fourth-order valence-electron chi connectivity index (χ4n) is 4.23. The Morgan fingerprint density at radius 1 is 1.17 bits per heavy atom. The molecular formula is C22H28N4O4. The number of nitrogens with zero attached hydrogens (tertiary/aromatic N) is 1. The highest BCUT2D eigenvalue weighted by Crippen LogP contribution is 2.35. The third-order valence-electron chi connectivity index (χ3n) is 6.12. The second-order valence-electron chi connectivity index (χ2n) is 8.52. The van der Waals surface area contributed by atoms with E-state index < -0.39 is 5.54 Å². The number of carbonyl (C=O) groups excluding carboxylic acids is 4. The lowest BCUT2D eigenvalue weighted by atomic mass is 9.98. The highest BCUT2D eigenvalue weighted by Gasteiger charge is 2.52. The monoisotopic (exact) mass is 412 g/mol. The van der Waals surface area contributed by atoms with Gasteiger partial charge in [0, 0.05) is 31.1 Å². The van der Waals surface area contributed by atoms with Crippen molar-refractivity contribution in [2.75, 3.05) is 11.9 Å². The van der Waals surface area contributed by atoms with Crippen LogP contribution >= 0.6 is 0 Å². The molecule has 0 aromatic heterocycles. The summed E-state index contributed by atoms with van der Waals surface area (Å²) in [7, 11) is 0. The number of benzene rings is 1. The largest absolute Gasteiger partial charge is 0.352 e. The number of hydrogen-bond acceptors (Lipinski definition) is 4. The molecule has 0 atom stereocenters. The maximum atomic E-state index is 12.6. The van der Waals surface area contributed by atoms with Crippen molar-refractivity contribution in [1.29, 1.82) is 0 Å². The number of amides is 5. The molecule has 4 rings (SSSR count). The van der Waals surface area contributed by atoms with Crippen LogP contribution in [0.5, 0.6) is 0 Å². The number of hydrogen-bond donors (Lipinski definition) is 3.